The highest BCUT2D eigenvalue weighted by atomic mass is 32.1. The maximum absolute atomic E-state index is 11.1. The van der Waals surface area contributed by atoms with Gasteiger partial charge < -0.3 is 9.64 Å². The van der Waals surface area contributed by atoms with E-state index in [4.69, 9.17) is 9.72 Å². The molecule has 1 aromatic rings. The normalized spacial score (nSPS) is 24.3. The number of hydrogen-bond donors (Lipinski definition) is 0. The molecule has 1 aromatic heterocycles. The van der Waals surface area contributed by atoms with Crippen molar-refractivity contribution < 1.29 is 9.53 Å². The van der Waals surface area contributed by atoms with E-state index in [0.29, 0.717) is 12.0 Å². The number of aldehydes is 1. The minimum absolute atomic E-state index is 0.399. The summed E-state index contributed by atoms with van der Waals surface area (Å²) in [5.74, 6) is 0.538. The largest absolute Gasteiger partial charge is 0.377 e. The lowest BCUT2D eigenvalue weighted by Gasteiger charge is -2.34. The molecule has 5 heteroatoms. The number of carbonyl (C=O) groups is 1. The van der Waals surface area contributed by atoms with Crippen LogP contribution < -0.4 is 4.90 Å². The second kappa shape index (κ2) is 4.97. The Morgan fingerprint density at radius 1 is 1.56 bits per heavy atom. The van der Waals surface area contributed by atoms with Crippen molar-refractivity contribution in [2.24, 2.45) is 0 Å². The van der Waals surface area contributed by atoms with Crippen LogP contribution in [0.2, 0.25) is 0 Å². The molecule has 0 spiro atoms. The summed E-state index contributed by atoms with van der Waals surface area (Å²) in [6, 6.07) is 0.399. The molecule has 0 aromatic carbocycles. The molecular weight excluding hydrogens is 248 g/mol. The van der Waals surface area contributed by atoms with Gasteiger partial charge in [-0.1, -0.05) is 18.3 Å². The molecule has 3 rings (SSSR count). The Balaban J connectivity index is 1.88. The molecule has 1 aliphatic carbocycles. The van der Waals surface area contributed by atoms with E-state index in [1.54, 1.807) is 11.3 Å². The van der Waals surface area contributed by atoms with Gasteiger partial charge in [0.1, 0.15) is 0 Å². The number of aromatic nitrogens is 1. The highest BCUT2D eigenvalue weighted by Crippen LogP contribution is 2.44. The molecule has 0 amide bonds. The monoisotopic (exact) mass is 266 g/mol. The predicted molar refractivity (Wildman–Crippen MR) is 71.7 cm³/mol. The molecule has 1 saturated carbocycles. The first-order valence-corrected chi connectivity index (χ1v) is 7.45. The van der Waals surface area contributed by atoms with Gasteiger partial charge in [0, 0.05) is 12.5 Å². The number of hydrogen-bond acceptors (Lipinski definition) is 5. The van der Waals surface area contributed by atoms with Gasteiger partial charge in [-0.2, -0.15) is 0 Å². The highest BCUT2D eigenvalue weighted by Gasteiger charge is 2.32. The molecule has 0 N–H and O–H groups in total. The van der Waals surface area contributed by atoms with Gasteiger partial charge in [-0.3, -0.25) is 4.79 Å². The second-order valence-corrected chi connectivity index (χ2v) is 5.98. The van der Waals surface area contributed by atoms with Gasteiger partial charge in [-0.05, 0) is 19.3 Å². The van der Waals surface area contributed by atoms with Crippen LogP contribution in [0.5, 0.6) is 0 Å². The summed E-state index contributed by atoms with van der Waals surface area (Å²) in [6.07, 6.45) is 4.39. The molecule has 18 heavy (non-hydrogen) atoms. The lowest BCUT2D eigenvalue weighted by Crippen LogP contribution is -2.45. The Labute approximate surface area is 111 Å². The third-order valence-electron chi connectivity index (χ3n) is 3.69. The first kappa shape index (κ1) is 12.1. The van der Waals surface area contributed by atoms with Crippen LogP contribution in [0.25, 0.3) is 0 Å². The molecule has 4 nitrogen and oxygen atoms in total. The predicted octanol–water partition coefficient (Wildman–Crippen LogP) is 2.45. The van der Waals surface area contributed by atoms with Crippen molar-refractivity contribution in [3.63, 3.8) is 0 Å². The van der Waals surface area contributed by atoms with E-state index >= 15 is 0 Å². The third kappa shape index (κ3) is 2.17. The quantitative estimate of drug-likeness (QED) is 0.785. The zero-order chi connectivity index (χ0) is 12.5. The van der Waals surface area contributed by atoms with Crippen LogP contribution in [0, 0.1) is 0 Å². The summed E-state index contributed by atoms with van der Waals surface area (Å²) in [4.78, 5) is 19.0. The SMILES string of the molecule is CCC1COCCN1c1nc(C2CC2)c(C=O)s1. The summed E-state index contributed by atoms with van der Waals surface area (Å²) >= 11 is 1.54. The fourth-order valence-corrected chi connectivity index (χ4v) is 3.50. The Morgan fingerprint density at radius 2 is 2.39 bits per heavy atom. The number of thiazole rings is 1. The number of anilines is 1. The number of ether oxygens (including phenoxy) is 1. The fourth-order valence-electron chi connectivity index (χ4n) is 2.43. The second-order valence-electron chi connectivity index (χ2n) is 4.97. The summed E-state index contributed by atoms with van der Waals surface area (Å²) < 4.78 is 5.51. The lowest BCUT2D eigenvalue weighted by molar-refractivity contribution is 0.0929. The van der Waals surface area contributed by atoms with E-state index in [0.717, 1.165) is 48.2 Å². The smallest absolute Gasteiger partial charge is 0.186 e. The van der Waals surface area contributed by atoms with Crippen molar-refractivity contribution in [2.45, 2.75) is 38.1 Å². The molecule has 2 aliphatic rings. The van der Waals surface area contributed by atoms with Gasteiger partial charge in [-0.25, -0.2) is 4.98 Å². The van der Waals surface area contributed by atoms with Crippen molar-refractivity contribution in [3.8, 4) is 0 Å². The van der Waals surface area contributed by atoms with E-state index in [1.807, 2.05) is 0 Å². The Bertz CT molecular complexity index is 442. The Hall–Kier alpha value is -0.940. The van der Waals surface area contributed by atoms with Crippen molar-refractivity contribution in [2.75, 3.05) is 24.7 Å². The maximum Gasteiger partial charge on any atom is 0.186 e. The first-order chi connectivity index (χ1) is 8.83. The summed E-state index contributed by atoms with van der Waals surface area (Å²) in [6.45, 7) is 4.58. The molecule has 2 fully saturated rings. The Morgan fingerprint density at radius 3 is 3.06 bits per heavy atom. The molecule has 1 saturated heterocycles. The summed E-state index contributed by atoms with van der Waals surface area (Å²) in [5.41, 5.74) is 1.03. The van der Waals surface area contributed by atoms with Crippen molar-refractivity contribution >= 4 is 22.8 Å². The molecule has 1 aliphatic heterocycles. The lowest BCUT2D eigenvalue weighted by atomic mass is 10.2. The molecule has 98 valence electrons. The number of nitrogens with zero attached hydrogens (tertiary/aromatic N) is 2. The van der Waals surface area contributed by atoms with Gasteiger partial charge in [0.05, 0.1) is 29.8 Å². The molecule has 0 radical (unpaired) electrons. The van der Waals surface area contributed by atoms with Crippen LogP contribution in [-0.2, 0) is 4.74 Å². The van der Waals surface area contributed by atoms with Crippen LogP contribution in [-0.4, -0.2) is 37.1 Å². The van der Waals surface area contributed by atoms with Crippen LogP contribution >= 0.6 is 11.3 Å². The van der Waals surface area contributed by atoms with E-state index < -0.39 is 0 Å². The minimum atomic E-state index is 0.399. The van der Waals surface area contributed by atoms with Gasteiger partial charge >= 0.3 is 0 Å². The van der Waals surface area contributed by atoms with Crippen molar-refractivity contribution in [1.29, 1.82) is 0 Å². The number of morpholine rings is 1. The Kier molecular flexibility index (Phi) is 3.35. The van der Waals surface area contributed by atoms with Gasteiger partial charge in [0.25, 0.3) is 0 Å². The average Bonchev–Trinajstić information content (AvgIpc) is 3.18. The molecule has 1 atom stereocenters. The third-order valence-corrected chi connectivity index (χ3v) is 4.72. The molecule has 1 unspecified atom stereocenters. The zero-order valence-corrected chi connectivity index (χ0v) is 11.4. The van der Waals surface area contributed by atoms with E-state index in [-0.39, 0.29) is 0 Å². The van der Waals surface area contributed by atoms with Crippen LogP contribution in [0.1, 0.15) is 47.5 Å². The minimum Gasteiger partial charge on any atom is -0.377 e. The van der Waals surface area contributed by atoms with E-state index in [9.17, 15) is 4.79 Å². The van der Waals surface area contributed by atoms with Crippen molar-refractivity contribution in [3.05, 3.63) is 10.6 Å². The number of rotatable bonds is 4. The zero-order valence-electron chi connectivity index (χ0n) is 10.6. The van der Waals surface area contributed by atoms with E-state index in [2.05, 4.69) is 11.8 Å². The highest BCUT2D eigenvalue weighted by molar-refractivity contribution is 7.17. The summed E-state index contributed by atoms with van der Waals surface area (Å²) in [7, 11) is 0. The molecule has 0 bridgehead atoms. The van der Waals surface area contributed by atoms with Crippen LogP contribution in [0.4, 0.5) is 5.13 Å². The molecule has 2 heterocycles. The van der Waals surface area contributed by atoms with Crippen molar-refractivity contribution in [1.82, 2.24) is 4.98 Å². The average molecular weight is 266 g/mol. The maximum atomic E-state index is 11.1. The fraction of sp³-hybridized carbons (Fsp3) is 0.692. The van der Waals surface area contributed by atoms with Crippen LogP contribution in [0.3, 0.4) is 0 Å². The topological polar surface area (TPSA) is 42.4 Å². The van der Waals surface area contributed by atoms with Gasteiger partial charge in [-0.15, -0.1) is 0 Å². The molecular formula is C13H18N2O2S. The first-order valence-electron chi connectivity index (χ1n) is 6.63. The summed E-state index contributed by atoms with van der Waals surface area (Å²) in [5, 5.41) is 1.01. The van der Waals surface area contributed by atoms with Gasteiger partial charge in [0.2, 0.25) is 0 Å². The van der Waals surface area contributed by atoms with Gasteiger partial charge in [0.15, 0.2) is 11.4 Å². The van der Waals surface area contributed by atoms with E-state index in [1.165, 1.54) is 12.8 Å². The van der Waals surface area contributed by atoms with Crippen LogP contribution in [0.15, 0.2) is 0 Å². The number of carbonyl (C=O) groups excluding carboxylic acids is 1. The standard InChI is InChI=1S/C13H18N2O2S/c1-2-10-8-17-6-5-15(10)13-14-12(9-3-4-9)11(7-16)18-13/h7,9-10H,2-6,8H2,1H3.